The van der Waals surface area contributed by atoms with Crippen LogP contribution in [-0.2, 0) is 0 Å². The van der Waals surface area contributed by atoms with Crippen LogP contribution in [0.25, 0.3) is 11.3 Å². The Bertz CT molecular complexity index is 834. The van der Waals surface area contributed by atoms with Gasteiger partial charge in [-0.1, -0.05) is 12.1 Å². The second-order valence-electron chi connectivity index (χ2n) is 5.40. The lowest BCUT2D eigenvalue weighted by Gasteiger charge is -2.13. The first-order valence-corrected chi connectivity index (χ1v) is 7.00. The molecule has 1 aromatic heterocycles. The summed E-state index contributed by atoms with van der Waals surface area (Å²) < 4.78 is 1.59. The van der Waals surface area contributed by atoms with Gasteiger partial charge in [-0.2, -0.15) is 0 Å². The van der Waals surface area contributed by atoms with Crippen LogP contribution in [0.5, 0.6) is 0 Å². The molecule has 112 valence electrons. The van der Waals surface area contributed by atoms with Gasteiger partial charge >= 0.3 is 0 Å². The van der Waals surface area contributed by atoms with Crippen molar-refractivity contribution in [2.24, 2.45) is 0 Å². The highest BCUT2D eigenvalue weighted by molar-refractivity contribution is 5.94. The Labute approximate surface area is 126 Å². The third-order valence-corrected chi connectivity index (χ3v) is 3.76. The summed E-state index contributed by atoms with van der Waals surface area (Å²) in [6.45, 7) is 1.36. The Morgan fingerprint density at radius 3 is 2.59 bits per heavy atom. The third kappa shape index (κ3) is 2.43. The molecule has 0 amide bonds. The van der Waals surface area contributed by atoms with Crippen LogP contribution in [0, 0.1) is 10.1 Å². The van der Waals surface area contributed by atoms with Crippen LogP contribution in [0.4, 0.5) is 5.69 Å². The molecule has 1 aromatic carbocycles. The van der Waals surface area contributed by atoms with Crippen LogP contribution in [0.15, 0.2) is 41.2 Å². The molecular formula is C16H14N2O4. The molecule has 0 aliphatic heterocycles. The molecule has 1 fully saturated rings. The van der Waals surface area contributed by atoms with Gasteiger partial charge in [-0.3, -0.25) is 19.7 Å². The zero-order valence-corrected chi connectivity index (χ0v) is 12.0. The summed E-state index contributed by atoms with van der Waals surface area (Å²) in [7, 11) is 0. The number of nitro benzene ring substituents is 1. The number of nitrogens with zero attached hydrogens (tertiary/aromatic N) is 2. The van der Waals surface area contributed by atoms with Gasteiger partial charge in [-0.15, -0.1) is 0 Å². The number of Topliss-reactive ketones (excluding diaryl/α,β-unsaturated/α-hetero) is 1. The maximum absolute atomic E-state index is 12.5. The lowest BCUT2D eigenvalue weighted by Crippen LogP contribution is -2.26. The molecule has 6 heteroatoms. The molecule has 2 aromatic rings. The van der Waals surface area contributed by atoms with Crippen molar-refractivity contribution in [2.45, 2.75) is 25.8 Å². The Kier molecular flexibility index (Phi) is 3.36. The highest BCUT2D eigenvalue weighted by atomic mass is 16.6. The van der Waals surface area contributed by atoms with Crippen molar-refractivity contribution < 1.29 is 9.72 Å². The highest BCUT2D eigenvalue weighted by Crippen LogP contribution is 2.37. The van der Waals surface area contributed by atoms with E-state index in [9.17, 15) is 19.7 Å². The maximum atomic E-state index is 12.5. The van der Waals surface area contributed by atoms with E-state index in [1.54, 1.807) is 22.8 Å². The van der Waals surface area contributed by atoms with Crippen molar-refractivity contribution in [3.05, 3.63) is 62.4 Å². The molecule has 22 heavy (non-hydrogen) atoms. The molecule has 0 spiro atoms. The summed E-state index contributed by atoms with van der Waals surface area (Å²) in [5.41, 5.74) is 1.03. The third-order valence-electron chi connectivity index (χ3n) is 3.76. The van der Waals surface area contributed by atoms with E-state index in [1.807, 2.05) is 0 Å². The molecule has 0 saturated heterocycles. The van der Waals surface area contributed by atoms with Crippen LogP contribution in [0.2, 0.25) is 0 Å². The smallest absolute Gasteiger partial charge is 0.270 e. The molecule has 1 saturated carbocycles. The van der Waals surface area contributed by atoms with Crippen molar-refractivity contribution in [2.75, 3.05) is 0 Å². The highest BCUT2D eigenvalue weighted by Gasteiger charge is 2.28. The van der Waals surface area contributed by atoms with Crippen LogP contribution < -0.4 is 5.56 Å². The van der Waals surface area contributed by atoms with Crippen LogP contribution >= 0.6 is 0 Å². The van der Waals surface area contributed by atoms with Gasteiger partial charge in [0.25, 0.3) is 11.2 Å². The molecule has 0 N–H and O–H groups in total. The molecule has 1 heterocycles. The summed E-state index contributed by atoms with van der Waals surface area (Å²) in [5.74, 6) is -0.273. The zero-order valence-electron chi connectivity index (χ0n) is 12.0. The normalized spacial score (nSPS) is 13.9. The average Bonchev–Trinajstić information content (AvgIpc) is 3.31. The summed E-state index contributed by atoms with van der Waals surface area (Å²) >= 11 is 0. The molecule has 1 aliphatic rings. The molecule has 0 radical (unpaired) electrons. The summed E-state index contributed by atoms with van der Waals surface area (Å²) in [6.07, 6.45) is 1.76. The van der Waals surface area contributed by atoms with Gasteiger partial charge in [-0.05, 0) is 31.9 Å². The summed E-state index contributed by atoms with van der Waals surface area (Å²) in [6, 6.07) is 9.44. The van der Waals surface area contributed by atoms with Crippen molar-refractivity contribution in [3.8, 4) is 11.3 Å². The Balaban J connectivity index is 2.21. The van der Waals surface area contributed by atoms with E-state index in [1.165, 1.54) is 25.1 Å². The lowest BCUT2D eigenvalue weighted by molar-refractivity contribution is -0.384. The number of non-ortho nitro benzene ring substituents is 1. The standard InChI is InChI=1S/C16H14N2O4/c1-10(19)14-7-8-15(17(16(14)20)12-5-6-12)11-3-2-4-13(9-11)18(21)22/h2-4,7-9,12H,5-6H2,1H3. The second-order valence-corrected chi connectivity index (χ2v) is 5.40. The number of hydrogen-bond donors (Lipinski definition) is 0. The molecule has 3 rings (SSSR count). The average molecular weight is 298 g/mol. The molecular weight excluding hydrogens is 284 g/mol. The Hall–Kier alpha value is -2.76. The van der Waals surface area contributed by atoms with E-state index < -0.39 is 4.92 Å². The molecule has 0 bridgehead atoms. The number of carbonyl (C=O) groups is 1. The minimum Gasteiger partial charge on any atom is -0.305 e. The molecule has 0 atom stereocenters. The van der Waals surface area contributed by atoms with Gasteiger partial charge in [0.05, 0.1) is 16.2 Å². The van der Waals surface area contributed by atoms with Gasteiger partial charge < -0.3 is 4.57 Å². The number of nitro groups is 1. The number of ketones is 1. The van der Waals surface area contributed by atoms with E-state index in [0.717, 1.165) is 12.8 Å². The lowest BCUT2D eigenvalue weighted by atomic mass is 10.1. The van der Waals surface area contributed by atoms with E-state index in [0.29, 0.717) is 11.3 Å². The predicted octanol–water partition coefficient (Wildman–Crippen LogP) is 2.96. The van der Waals surface area contributed by atoms with Crippen LogP contribution in [0.1, 0.15) is 36.2 Å². The van der Waals surface area contributed by atoms with Crippen molar-refractivity contribution in [1.29, 1.82) is 0 Å². The van der Waals surface area contributed by atoms with Crippen molar-refractivity contribution in [3.63, 3.8) is 0 Å². The monoisotopic (exact) mass is 298 g/mol. The van der Waals surface area contributed by atoms with Gasteiger partial charge in [0.2, 0.25) is 0 Å². The number of carbonyl (C=O) groups excluding carboxylic acids is 1. The zero-order chi connectivity index (χ0) is 15.9. The first-order chi connectivity index (χ1) is 10.5. The SMILES string of the molecule is CC(=O)c1ccc(-c2cccc([N+](=O)[O-])c2)n(C2CC2)c1=O. The first-order valence-electron chi connectivity index (χ1n) is 7.00. The fourth-order valence-electron chi connectivity index (χ4n) is 2.53. The quantitative estimate of drug-likeness (QED) is 0.493. The molecule has 0 unspecified atom stereocenters. The molecule has 1 aliphatic carbocycles. The summed E-state index contributed by atoms with van der Waals surface area (Å²) in [4.78, 5) is 34.5. The van der Waals surface area contributed by atoms with Crippen molar-refractivity contribution in [1.82, 2.24) is 4.57 Å². The van der Waals surface area contributed by atoms with Crippen LogP contribution in [0.3, 0.4) is 0 Å². The van der Waals surface area contributed by atoms with E-state index >= 15 is 0 Å². The van der Waals surface area contributed by atoms with E-state index in [2.05, 4.69) is 0 Å². The predicted molar refractivity (Wildman–Crippen MR) is 81.1 cm³/mol. The largest absolute Gasteiger partial charge is 0.305 e. The maximum Gasteiger partial charge on any atom is 0.270 e. The molecule has 6 nitrogen and oxygen atoms in total. The summed E-state index contributed by atoms with van der Waals surface area (Å²) in [5, 5.41) is 10.9. The first kappa shape index (κ1) is 14.2. The Morgan fingerprint density at radius 1 is 1.27 bits per heavy atom. The van der Waals surface area contributed by atoms with Gasteiger partial charge in [0.15, 0.2) is 5.78 Å². The number of aromatic nitrogens is 1. The topological polar surface area (TPSA) is 82.2 Å². The van der Waals surface area contributed by atoms with E-state index in [4.69, 9.17) is 0 Å². The van der Waals surface area contributed by atoms with Crippen molar-refractivity contribution >= 4 is 11.5 Å². The van der Waals surface area contributed by atoms with Crippen LogP contribution in [-0.4, -0.2) is 15.3 Å². The Morgan fingerprint density at radius 2 is 2.00 bits per heavy atom. The number of rotatable bonds is 4. The minimum absolute atomic E-state index is 0.0251. The van der Waals surface area contributed by atoms with Gasteiger partial charge in [0, 0.05) is 23.7 Å². The van der Waals surface area contributed by atoms with E-state index in [-0.39, 0.29) is 28.6 Å². The number of benzene rings is 1. The number of pyridine rings is 1. The second kappa shape index (κ2) is 5.22. The number of hydrogen-bond acceptors (Lipinski definition) is 4. The van der Waals surface area contributed by atoms with Gasteiger partial charge in [0.1, 0.15) is 0 Å². The fraction of sp³-hybridized carbons (Fsp3) is 0.250. The minimum atomic E-state index is -0.465. The van der Waals surface area contributed by atoms with Gasteiger partial charge in [-0.25, -0.2) is 0 Å². The fourth-order valence-corrected chi connectivity index (χ4v) is 2.53.